The van der Waals surface area contributed by atoms with Gasteiger partial charge in [0.2, 0.25) is 5.79 Å². The van der Waals surface area contributed by atoms with E-state index in [0.717, 1.165) is 15.4 Å². The van der Waals surface area contributed by atoms with Gasteiger partial charge in [0.15, 0.2) is 0 Å². The van der Waals surface area contributed by atoms with Crippen LogP contribution in [0.1, 0.15) is 18.1 Å². The number of carboxylic acid groups (broad SMARTS) is 1. The van der Waals surface area contributed by atoms with Crippen LogP contribution >= 0.6 is 27.7 Å². The van der Waals surface area contributed by atoms with Crippen LogP contribution < -0.4 is 5.11 Å². The molecule has 0 aliphatic heterocycles. The van der Waals surface area contributed by atoms with E-state index in [-0.39, 0.29) is 11.2 Å². The zero-order valence-electron chi connectivity index (χ0n) is 14.3. The van der Waals surface area contributed by atoms with Crippen molar-refractivity contribution >= 4 is 33.7 Å². The molecule has 4 nitrogen and oxygen atoms in total. The van der Waals surface area contributed by atoms with Crippen molar-refractivity contribution in [3.63, 3.8) is 0 Å². The van der Waals surface area contributed by atoms with Crippen molar-refractivity contribution in [3.05, 3.63) is 59.7 Å². The highest BCUT2D eigenvalue weighted by Gasteiger charge is 2.37. The standard InChI is InChI=1S/C19H21BrO4S/c1-13(20)19(23-2,24-3)15-9-10-17(14(11-15)12-18(21)22)25-16-7-5-4-6-8-16/h4-11,13H,12H2,1-3H3,(H,21,22)/p-1. The molecule has 2 aromatic rings. The normalized spacial score (nSPS) is 12.8. The van der Waals surface area contributed by atoms with Crippen LogP contribution in [0.3, 0.4) is 0 Å². The smallest absolute Gasteiger partial charge is 0.206 e. The van der Waals surface area contributed by atoms with Crippen molar-refractivity contribution in [3.8, 4) is 0 Å². The summed E-state index contributed by atoms with van der Waals surface area (Å²) in [5.74, 6) is -2.13. The molecule has 0 radical (unpaired) electrons. The summed E-state index contributed by atoms with van der Waals surface area (Å²) < 4.78 is 11.2. The Morgan fingerprint density at radius 2 is 1.84 bits per heavy atom. The molecular weight excluding hydrogens is 404 g/mol. The Morgan fingerprint density at radius 1 is 1.20 bits per heavy atom. The zero-order valence-corrected chi connectivity index (χ0v) is 16.7. The molecule has 25 heavy (non-hydrogen) atoms. The lowest BCUT2D eigenvalue weighted by atomic mass is 9.99. The molecule has 0 aliphatic rings. The van der Waals surface area contributed by atoms with Gasteiger partial charge in [0, 0.05) is 42.0 Å². The van der Waals surface area contributed by atoms with Crippen molar-refractivity contribution in [2.24, 2.45) is 0 Å². The van der Waals surface area contributed by atoms with Gasteiger partial charge in [-0.25, -0.2) is 0 Å². The first-order valence-corrected chi connectivity index (χ1v) is 9.46. The summed E-state index contributed by atoms with van der Waals surface area (Å²) in [5, 5.41) is 11.2. The number of hydrogen-bond donors (Lipinski definition) is 0. The lowest BCUT2D eigenvalue weighted by Gasteiger charge is -2.34. The van der Waals surface area contributed by atoms with E-state index in [1.807, 2.05) is 55.5 Å². The summed E-state index contributed by atoms with van der Waals surface area (Å²) in [6, 6.07) is 15.4. The maximum absolute atomic E-state index is 11.2. The summed E-state index contributed by atoms with van der Waals surface area (Å²) in [6.45, 7) is 1.91. The van der Waals surface area contributed by atoms with Gasteiger partial charge in [-0.2, -0.15) is 0 Å². The maximum atomic E-state index is 11.2. The van der Waals surface area contributed by atoms with E-state index in [2.05, 4.69) is 15.9 Å². The number of benzene rings is 2. The Hall–Kier alpha value is -1.34. The fraction of sp³-hybridized carbons (Fsp3) is 0.316. The zero-order chi connectivity index (χ0) is 18.4. The molecule has 0 bridgehead atoms. The van der Waals surface area contributed by atoms with Crippen LogP contribution in [0.4, 0.5) is 0 Å². The molecule has 0 spiro atoms. The molecule has 2 aromatic carbocycles. The van der Waals surface area contributed by atoms with E-state index in [1.165, 1.54) is 11.8 Å². The van der Waals surface area contributed by atoms with Crippen molar-refractivity contribution in [2.45, 2.75) is 33.7 Å². The monoisotopic (exact) mass is 423 g/mol. The first-order valence-electron chi connectivity index (χ1n) is 7.73. The number of alkyl halides is 1. The third-order valence-electron chi connectivity index (χ3n) is 3.90. The van der Waals surface area contributed by atoms with E-state index in [0.29, 0.717) is 5.56 Å². The molecule has 1 atom stereocenters. The minimum absolute atomic E-state index is 0.140. The van der Waals surface area contributed by atoms with Gasteiger partial charge < -0.3 is 19.4 Å². The van der Waals surface area contributed by atoms with Crippen LogP contribution in [0.5, 0.6) is 0 Å². The quantitative estimate of drug-likeness (QED) is 0.481. The molecular formula is C19H20BrO4S-. The number of carboxylic acids is 1. The summed E-state index contributed by atoms with van der Waals surface area (Å²) >= 11 is 5.03. The Kier molecular flexibility index (Phi) is 7.07. The molecule has 0 aliphatic carbocycles. The molecule has 0 N–H and O–H groups in total. The molecule has 0 saturated carbocycles. The fourth-order valence-electron chi connectivity index (χ4n) is 2.68. The van der Waals surface area contributed by atoms with E-state index in [1.54, 1.807) is 14.2 Å². The number of carbonyl (C=O) groups excluding carboxylic acids is 1. The number of halogens is 1. The van der Waals surface area contributed by atoms with Crippen LogP contribution in [0.2, 0.25) is 0 Å². The summed E-state index contributed by atoms with van der Waals surface area (Å²) in [6.07, 6.45) is -0.177. The number of ether oxygens (including phenoxy) is 2. The number of aliphatic carboxylic acids is 1. The molecule has 134 valence electrons. The van der Waals surface area contributed by atoms with Crippen LogP contribution in [0, 0.1) is 0 Å². The molecule has 1 unspecified atom stereocenters. The van der Waals surface area contributed by atoms with Gasteiger partial charge in [0.1, 0.15) is 0 Å². The topological polar surface area (TPSA) is 58.6 Å². The fourth-order valence-corrected chi connectivity index (χ4v) is 4.26. The lowest BCUT2D eigenvalue weighted by Crippen LogP contribution is -2.38. The number of rotatable bonds is 8. The average Bonchev–Trinajstić information content (AvgIpc) is 2.59. The second kappa shape index (κ2) is 8.85. The van der Waals surface area contributed by atoms with Crippen LogP contribution in [-0.4, -0.2) is 25.0 Å². The Morgan fingerprint density at radius 3 is 2.36 bits per heavy atom. The molecule has 0 fully saturated rings. The predicted octanol–water partition coefficient (Wildman–Crippen LogP) is 3.36. The van der Waals surface area contributed by atoms with Crippen molar-refractivity contribution in [1.82, 2.24) is 0 Å². The maximum Gasteiger partial charge on any atom is 0.206 e. The highest BCUT2D eigenvalue weighted by molar-refractivity contribution is 9.09. The molecule has 0 heterocycles. The highest BCUT2D eigenvalue weighted by Crippen LogP contribution is 2.38. The second-order valence-corrected chi connectivity index (χ2v) is 7.97. The van der Waals surface area contributed by atoms with Crippen LogP contribution in [0.15, 0.2) is 58.3 Å². The Balaban J connectivity index is 2.47. The molecule has 0 aromatic heterocycles. The largest absolute Gasteiger partial charge is 0.550 e. The third kappa shape index (κ3) is 4.64. The number of hydrogen-bond acceptors (Lipinski definition) is 5. The van der Waals surface area contributed by atoms with Crippen LogP contribution in [0.25, 0.3) is 0 Å². The first-order chi connectivity index (χ1) is 11.9. The van der Waals surface area contributed by atoms with Crippen molar-refractivity contribution < 1.29 is 19.4 Å². The van der Waals surface area contributed by atoms with Gasteiger partial charge in [-0.05, 0) is 36.8 Å². The van der Waals surface area contributed by atoms with Gasteiger partial charge in [0.05, 0.1) is 4.83 Å². The molecule has 0 amide bonds. The van der Waals surface area contributed by atoms with Gasteiger partial charge in [0.25, 0.3) is 0 Å². The van der Waals surface area contributed by atoms with Gasteiger partial charge in [-0.3, -0.25) is 0 Å². The van der Waals surface area contributed by atoms with Gasteiger partial charge >= 0.3 is 0 Å². The summed E-state index contributed by atoms with van der Waals surface area (Å²) in [7, 11) is 3.12. The summed E-state index contributed by atoms with van der Waals surface area (Å²) in [4.78, 5) is 13.0. The van der Waals surface area contributed by atoms with E-state index >= 15 is 0 Å². The number of carbonyl (C=O) groups is 1. The third-order valence-corrected chi connectivity index (χ3v) is 5.63. The highest BCUT2D eigenvalue weighted by atomic mass is 79.9. The average molecular weight is 424 g/mol. The van der Waals surface area contributed by atoms with E-state index < -0.39 is 11.8 Å². The second-order valence-electron chi connectivity index (χ2n) is 5.48. The molecule has 6 heteroatoms. The summed E-state index contributed by atoms with van der Waals surface area (Å²) in [5.41, 5.74) is 1.41. The van der Waals surface area contributed by atoms with Crippen molar-refractivity contribution in [1.29, 1.82) is 0 Å². The molecule has 0 saturated heterocycles. The van der Waals surface area contributed by atoms with Gasteiger partial charge in [-0.1, -0.05) is 52.0 Å². The Bertz CT molecular complexity index is 715. The lowest BCUT2D eigenvalue weighted by molar-refractivity contribution is -0.304. The van der Waals surface area contributed by atoms with Crippen molar-refractivity contribution in [2.75, 3.05) is 14.2 Å². The Labute approximate surface area is 160 Å². The van der Waals surface area contributed by atoms with E-state index in [9.17, 15) is 9.90 Å². The number of methoxy groups -OCH3 is 2. The molecule has 2 rings (SSSR count). The SMILES string of the molecule is COC(OC)(c1ccc(Sc2ccccc2)c(CC(=O)[O-])c1)C(C)Br. The van der Waals surface area contributed by atoms with Crippen LogP contribution in [-0.2, 0) is 26.5 Å². The van der Waals surface area contributed by atoms with E-state index in [4.69, 9.17) is 9.47 Å². The van der Waals surface area contributed by atoms with Gasteiger partial charge in [-0.15, -0.1) is 0 Å². The minimum Gasteiger partial charge on any atom is -0.550 e. The minimum atomic E-state index is -1.13. The predicted molar refractivity (Wildman–Crippen MR) is 99.8 cm³/mol. The first kappa shape index (κ1) is 20.0.